The van der Waals surface area contributed by atoms with Crippen molar-refractivity contribution in [2.24, 2.45) is 0 Å². The molecule has 3 rings (SSSR count). The van der Waals surface area contributed by atoms with E-state index in [2.05, 4.69) is 24.3 Å². The average molecular weight is 441 g/mol. The van der Waals surface area contributed by atoms with Crippen LogP contribution >= 0.6 is 11.6 Å². The third-order valence-corrected chi connectivity index (χ3v) is 5.05. The number of nitrogens with zero attached hydrogens (tertiary/aromatic N) is 1. The Morgan fingerprint density at radius 2 is 1.90 bits per heavy atom. The lowest BCUT2D eigenvalue weighted by Crippen LogP contribution is -2.46. The lowest BCUT2D eigenvalue weighted by atomic mass is 9.95. The molecule has 1 unspecified atom stereocenters. The van der Waals surface area contributed by atoms with Crippen LogP contribution in [0, 0.1) is 6.92 Å². The van der Waals surface area contributed by atoms with E-state index in [1.54, 1.807) is 0 Å². The number of para-hydroxylation sites is 1. The number of hydrogen-bond donors (Lipinski definition) is 2. The predicted molar refractivity (Wildman–Crippen MR) is 125 cm³/mol. The molecule has 0 radical (unpaired) electrons. The first-order chi connectivity index (χ1) is 14.8. The zero-order valence-electron chi connectivity index (χ0n) is 18.1. The van der Waals surface area contributed by atoms with Crippen LogP contribution in [0.2, 0.25) is 5.02 Å². The Balaban J connectivity index is 1.50. The van der Waals surface area contributed by atoms with E-state index in [1.807, 2.05) is 73.7 Å². The van der Waals surface area contributed by atoms with Gasteiger partial charge in [0.25, 0.3) is 0 Å². The van der Waals surface area contributed by atoms with E-state index in [0.29, 0.717) is 18.1 Å². The smallest absolute Gasteiger partial charge is 0.159 e. The lowest BCUT2D eigenvalue weighted by Gasteiger charge is -2.28. The van der Waals surface area contributed by atoms with Crippen LogP contribution in [0.25, 0.3) is 12.2 Å². The summed E-state index contributed by atoms with van der Waals surface area (Å²) in [5.74, 6) is 1.38. The summed E-state index contributed by atoms with van der Waals surface area (Å²) in [4.78, 5) is 0. The number of hydrogen-bond acceptors (Lipinski definition) is 5. The first kappa shape index (κ1) is 23.1. The van der Waals surface area contributed by atoms with Crippen molar-refractivity contribution < 1.29 is 14.4 Å². The van der Waals surface area contributed by atoms with E-state index >= 15 is 0 Å². The molecule has 0 aliphatic rings. The van der Waals surface area contributed by atoms with Gasteiger partial charge in [-0.25, -0.2) is 0 Å². The van der Waals surface area contributed by atoms with Crippen molar-refractivity contribution in [2.75, 3.05) is 13.2 Å². The predicted octanol–water partition coefficient (Wildman–Crippen LogP) is 5.16. The maximum absolute atomic E-state index is 10.4. The second-order valence-electron chi connectivity index (χ2n) is 8.27. The molecular weight excluding hydrogens is 412 g/mol. The number of aromatic nitrogens is 1. The molecule has 1 atom stereocenters. The summed E-state index contributed by atoms with van der Waals surface area (Å²) >= 11 is 5.96. The quantitative estimate of drug-likeness (QED) is 0.456. The molecule has 3 aromatic rings. The first-order valence-electron chi connectivity index (χ1n) is 10.3. The van der Waals surface area contributed by atoms with E-state index in [9.17, 15) is 5.11 Å². The van der Waals surface area contributed by atoms with Crippen molar-refractivity contribution >= 4 is 23.8 Å². The second-order valence-corrected chi connectivity index (χ2v) is 8.71. The van der Waals surface area contributed by atoms with Crippen molar-refractivity contribution in [3.8, 4) is 5.75 Å². The maximum atomic E-state index is 10.4. The fraction of sp³-hybridized carbons (Fsp3) is 0.320. The summed E-state index contributed by atoms with van der Waals surface area (Å²) in [5, 5.41) is 18.5. The summed E-state index contributed by atoms with van der Waals surface area (Å²) in [7, 11) is 0. The summed E-state index contributed by atoms with van der Waals surface area (Å²) in [6, 6.07) is 17.4. The Labute approximate surface area is 188 Å². The standard InChI is InChI=1S/C25H29ClN2O3/c1-18-14-23(31-28-18)13-10-20-6-4-5-7-24(20)30-17-22(29)16-27-25(2,3)15-19-8-11-21(26)12-9-19/h4-14,22,27,29H,15-17H2,1-3H3/b13-10-. The van der Waals surface area contributed by atoms with Gasteiger partial charge in [-0.2, -0.15) is 0 Å². The number of benzene rings is 2. The fourth-order valence-electron chi connectivity index (χ4n) is 3.20. The molecule has 0 aliphatic carbocycles. The van der Waals surface area contributed by atoms with Gasteiger partial charge in [0, 0.05) is 28.7 Å². The molecule has 0 saturated carbocycles. The maximum Gasteiger partial charge on any atom is 0.159 e. The van der Waals surface area contributed by atoms with Gasteiger partial charge in [0.15, 0.2) is 5.76 Å². The molecule has 31 heavy (non-hydrogen) atoms. The van der Waals surface area contributed by atoms with E-state index in [0.717, 1.165) is 22.7 Å². The van der Waals surface area contributed by atoms with E-state index in [-0.39, 0.29) is 12.1 Å². The second kappa shape index (κ2) is 10.6. The minimum atomic E-state index is -0.640. The third-order valence-electron chi connectivity index (χ3n) is 4.80. The number of aryl methyl sites for hydroxylation is 1. The van der Waals surface area contributed by atoms with Gasteiger partial charge in [0.2, 0.25) is 0 Å². The Hall–Kier alpha value is -2.60. The van der Waals surface area contributed by atoms with Crippen LogP contribution < -0.4 is 10.1 Å². The molecule has 164 valence electrons. The highest BCUT2D eigenvalue weighted by atomic mass is 35.5. The summed E-state index contributed by atoms with van der Waals surface area (Å²) in [6.45, 7) is 6.72. The molecule has 0 bridgehead atoms. The topological polar surface area (TPSA) is 67.5 Å². The molecule has 1 heterocycles. The van der Waals surface area contributed by atoms with Crippen LogP contribution in [0.1, 0.15) is 36.4 Å². The Morgan fingerprint density at radius 3 is 2.61 bits per heavy atom. The number of rotatable bonds is 10. The van der Waals surface area contributed by atoms with Crippen molar-refractivity contribution in [3.63, 3.8) is 0 Å². The van der Waals surface area contributed by atoms with Gasteiger partial charge in [-0.05, 0) is 63.1 Å². The average Bonchev–Trinajstić information content (AvgIpc) is 3.16. The Kier molecular flexibility index (Phi) is 7.91. The molecule has 0 fully saturated rings. The third kappa shape index (κ3) is 7.55. The van der Waals surface area contributed by atoms with E-state index < -0.39 is 6.10 Å². The number of ether oxygens (including phenoxy) is 1. The molecule has 0 amide bonds. The zero-order chi connectivity index (χ0) is 22.3. The lowest BCUT2D eigenvalue weighted by molar-refractivity contribution is 0.0987. The van der Waals surface area contributed by atoms with Gasteiger partial charge in [-0.15, -0.1) is 0 Å². The van der Waals surface area contributed by atoms with Crippen LogP contribution in [0.3, 0.4) is 0 Å². The van der Waals surface area contributed by atoms with Crippen LogP contribution in [0.4, 0.5) is 0 Å². The molecule has 0 saturated heterocycles. The fourth-order valence-corrected chi connectivity index (χ4v) is 3.32. The van der Waals surface area contributed by atoms with Gasteiger partial charge in [0.1, 0.15) is 18.5 Å². The highest BCUT2D eigenvalue weighted by molar-refractivity contribution is 6.30. The number of aliphatic hydroxyl groups excluding tert-OH is 1. The molecule has 5 nitrogen and oxygen atoms in total. The van der Waals surface area contributed by atoms with Crippen LogP contribution in [0.5, 0.6) is 5.75 Å². The van der Waals surface area contributed by atoms with Crippen molar-refractivity contribution in [2.45, 2.75) is 38.8 Å². The normalized spacial score (nSPS) is 12.9. The summed E-state index contributed by atoms with van der Waals surface area (Å²) in [6.07, 6.45) is 3.94. The van der Waals surface area contributed by atoms with E-state index in [1.165, 1.54) is 5.56 Å². The molecule has 2 aromatic carbocycles. The van der Waals surface area contributed by atoms with Gasteiger partial charge in [-0.1, -0.05) is 47.1 Å². The van der Waals surface area contributed by atoms with Crippen LogP contribution in [0.15, 0.2) is 59.1 Å². The minimum absolute atomic E-state index is 0.176. The summed E-state index contributed by atoms with van der Waals surface area (Å²) in [5.41, 5.74) is 2.75. The van der Waals surface area contributed by atoms with Crippen LogP contribution in [-0.2, 0) is 6.42 Å². The molecule has 0 spiro atoms. The monoisotopic (exact) mass is 440 g/mol. The Morgan fingerprint density at radius 1 is 1.16 bits per heavy atom. The zero-order valence-corrected chi connectivity index (χ0v) is 18.9. The summed E-state index contributed by atoms with van der Waals surface area (Å²) < 4.78 is 11.1. The Bertz CT molecular complexity index is 996. The molecular formula is C25H29ClN2O3. The SMILES string of the molecule is Cc1cc(/C=C\c2ccccc2OCC(O)CNC(C)(C)Cc2ccc(Cl)cc2)on1. The molecule has 2 N–H and O–H groups in total. The number of β-amino-alcohol motifs (C(OH)–C–C–N with tert-alkyl or cyclic N) is 1. The van der Waals surface area contributed by atoms with Gasteiger partial charge < -0.3 is 19.7 Å². The molecule has 0 aliphatic heterocycles. The number of halogens is 1. The van der Waals surface area contributed by atoms with Crippen molar-refractivity contribution in [1.82, 2.24) is 10.5 Å². The highest BCUT2D eigenvalue weighted by Crippen LogP contribution is 2.21. The number of aliphatic hydroxyl groups is 1. The molecule has 6 heteroatoms. The minimum Gasteiger partial charge on any atom is -0.490 e. The van der Waals surface area contributed by atoms with Crippen molar-refractivity contribution in [1.29, 1.82) is 0 Å². The highest BCUT2D eigenvalue weighted by Gasteiger charge is 2.19. The van der Waals surface area contributed by atoms with E-state index in [4.69, 9.17) is 20.9 Å². The number of nitrogens with one attached hydrogen (secondary N) is 1. The van der Waals surface area contributed by atoms with Gasteiger partial charge >= 0.3 is 0 Å². The van der Waals surface area contributed by atoms with Crippen molar-refractivity contribution in [3.05, 3.63) is 82.2 Å². The van der Waals surface area contributed by atoms with Crippen LogP contribution in [-0.4, -0.2) is 35.1 Å². The largest absolute Gasteiger partial charge is 0.490 e. The van der Waals surface area contributed by atoms with Gasteiger partial charge in [0.05, 0.1) is 5.69 Å². The molecule has 1 aromatic heterocycles. The van der Waals surface area contributed by atoms with Gasteiger partial charge in [-0.3, -0.25) is 0 Å². The first-order valence-corrected chi connectivity index (χ1v) is 10.7.